The molecule has 0 N–H and O–H groups in total. The van der Waals surface area contributed by atoms with Crippen LogP contribution in [0.2, 0.25) is 0 Å². The normalized spacial score (nSPS) is 26.3. The average Bonchev–Trinajstić information content (AvgIpc) is 3.20. The van der Waals surface area contributed by atoms with Gasteiger partial charge in [-0.1, -0.05) is 0 Å². The Labute approximate surface area is 156 Å². The van der Waals surface area contributed by atoms with Crippen LogP contribution in [0.1, 0.15) is 43.5 Å². The van der Waals surface area contributed by atoms with E-state index in [-0.39, 0.29) is 5.56 Å². The molecule has 0 unspecified atom stereocenters. The van der Waals surface area contributed by atoms with E-state index >= 15 is 0 Å². The van der Waals surface area contributed by atoms with Crippen molar-refractivity contribution in [2.24, 2.45) is 0 Å². The zero-order valence-corrected chi connectivity index (χ0v) is 15.7. The maximum absolute atomic E-state index is 12.0. The molecule has 1 atom stereocenters. The van der Waals surface area contributed by atoms with Crippen molar-refractivity contribution in [3.8, 4) is 5.69 Å². The van der Waals surface area contributed by atoms with Gasteiger partial charge in [-0.15, -0.1) is 11.3 Å². The molecule has 2 fully saturated rings. The van der Waals surface area contributed by atoms with E-state index in [9.17, 15) is 4.79 Å². The molecule has 2 aromatic heterocycles. The van der Waals surface area contributed by atoms with Gasteiger partial charge in [0, 0.05) is 30.3 Å². The van der Waals surface area contributed by atoms with E-state index in [4.69, 9.17) is 4.98 Å². The van der Waals surface area contributed by atoms with Crippen molar-refractivity contribution >= 4 is 21.6 Å². The van der Waals surface area contributed by atoms with Gasteiger partial charge in [-0.2, -0.15) is 9.78 Å². The average molecular weight is 366 g/mol. The molecule has 134 valence electrons. The Morgan fingerprint density at radius 2 is 2.12 bits per heavy atom. The van der Waals surface area contributed by atoms with Gasteiger partial charge < -0.3 is 0 Å². The van der Waals surface area contributed by atoms with Crippen LogP contribution in [0.5, 0.6) is 0 Å². The molecule has 3 heterocycles. The maximum Gasteiger partial charge on any atom is 0.271 e. The topological polar surface area (TPSA) is 51.0 Å². The van der Waals surface area contributed by atoms with Crippen molar-refractivity contribution in [3.05, 3.63) is 51.9 Å². The summed E-state index contributed by atoms with van der Waals surface area (Å²) >= 11 is 1.77. The third-order valence-corrected chi connectivity index (χ3v) is 7.07. The Kier molecular flexibility index (Phi) is 3.90. The Hall–Kier alpha value is -2.05. The minimum Gasteiger partial charge on any atom is -0.298 e. The molecule has 1 aliphatic heterocycles. The second-order valence-corrected chi connectivity index (χ2v) is 8.59. The summed E-state index contributed by atoms with van der Waals surface area (Å²) in [4.78, 5) is 19.6. The number of nitrogens with zero attached hydrogens (tertiary/aromatic N) is 4. The molecule has 5 nitrogen and oxygen atoms in total. The lowest BCUT2D eigenvalue weighted by molar-refractivity contribution is 0.103. The van der Waals surface area contributed by atoms with Crippen LogP contribution in [0.3, 0.4) is 0 Å². The van der Waals surface area contributed by atoms with Gasteiger partial charge in [0.15, 0.2) is 0 Å². The van der Waals surface area contributed by atoms with Crippen LogP contribution in [0.25, 0.3) is 15.9 Å². The lowest BCUT2D eigenvalue weighted by Gasteiger charge is -2.42. The summed E-state index contributed by atoms with van der Waals surface area (Å²) in [5, 5.41) is 5.41. The fourth-order valence-corrected chi connectivity index (χ4v) is 5.47. The molecule has 1 aromatic carbocycles. The molecule has 26 heavy (non-hydrogen) atoms. The molecule has 1 aliphatic carbocycles. The summed E-state index contributed by atoms with van der Waals surface area (Å²) in [5.74, 6) is 0.589. The molecule has 0 radical (unpaired) electrons. The SMILES string of the molecule is C[C@H]1CCCN1C1CC(c2nc3ccc(-n4ncccc4=O)cc3s2)C1. The van der Waals surface area contributed by atoms with Gasteiger partial charge >= 0.3 is 0 Å². The van der Waals surface area contributed by atoms with Crippen molar-refractivity contribution < 1.29 is 0 Å². The first-order chi connectivity index (χ1) is 12.7. The van der Waals surface area contributed by atoms with Crippen molar-refractivity contribution in [2.45, 2.75) is 50.6 Å². The van der Waals surface area contributed by atoms with E-state index in [0.29, 0.717) is 5.92 Å². The lowest BCUT2D eigenvalue weighted by atomic mass is 9.79. The number of hydrogen-bond donors (Lipinski definition) is 0. The van der Waals surface area contributed by atoms with Gasteiger partial charge in [0.2, 0.25) is 0 Å². The lowest BCUT2D eigenvalue weighted by Crippen LogP contribution is -2.45. The molecule has 6 heteroatoms. The highest BCUT2D eigenvalue weighted by molar-refractivity contribution is 7.18. The molecule has 1 saturated heterocycles. The van der Waals surface area contributed by atoms with Crippen molar-refractivity contribution in [1.82, 2.24) is 19.7 Å². The van der Waals surface area contributed by atoms with Crippen molar-refractivity contribution in [1.29, 1.82) is 0 Å². The van der Waals surface area contributed by atoms with Crippen LogP contribution in [0.15, 0.2) is 41.3 Å². The minimum atomic E-state index is -0.113. The summed E-state index contributed by atoms with van der Waals surface area (Å²) in [6, 6.07) is 10.6. The fourth-order valence-electron chi connectivity index (χ4n) is 4.35. The van der Waals surface area contributed by atoms with E-state index in [0.717, 1.165) is 28.0 Å². The number of benzene rings is 1. The Morgan fingerprint density at radius 3 is 2.88 bits per heavy atom. The molecule has 2 aliphatic rings. The first-order valence-corrected chi connectivity index (χ1v) is 10.2. The van der Waals surface area contributed by atoms with Crippen LogP contribution in [0, 0.1) is 0 Å². The first-order valence-electron chi connectivity index (χ1n) is 9.40. The number of aromatic nitrogens is 3. The van der Waals surface area contributed by atoms with Crippen LogP contribution < -0.4 is 5.56 Å². The quantitative estimate of drug-likeness (QED) is 0.711. The number of thiazole rings is 1. The van der Waals surface area contributed by atoms with E-state index in [2.05, 4.69) is 16.9 Å². The number of rotatable bonds is 3. The smallest absolute Gasteiger partial charge is 0.271 e. The Morgan fingerprint density at radius 1 is 1.23 bits per heavy atom. The summed E-state index contributed by atoms with van der Waals surface area (Å²) in [5.41, 5.74) is 1.71. The van der Waals surface area contributed by atoms with Gasteiger partial charge in [-0.3, -0.25) is 9.69 Å². The number of likely N-dealkylation sites (tertiary alicyclic amines) is 1. The van der Waals surface area contributed by atoms with E-state index in [1.807, 2.05) is 18.2 Å². The molecular weight excluding hydrogens is 344 g/mol. The summed E-state index contributed by atoms with van der Waals surface area (Å²) in [6.07, 6.45) is 6.79. The Balaban J connectivity index is 1.38. The second kappa shape index (κ2) is 6.28. The van der Waals surface area contributed by atoms with Crippen LogP contribution in [0.4, 0.5) is 0 Å². The summed E-state index contributed by atoms with van der Waals surface area (Å²) in [6.45, 7) is 3.62. The molecule has 3 aromatic rings. The standard InChI is InChI=1S/C20H22N4OS/c1-13-4-3-9-23(13)16-10-14(11-16)20-22-17-7-6-15(12-18(17)26-20)24-19(25)5-2-8-21-24/h2,5-8,12-14,16H,3-4,9-11H2,1H3/t13-,14?,16?/m0/s1. The molecule has 0 spiro atoms. The molecular formula is C20H22N4OS. The van der Waals surface area contributed by atoms with Crippen LogP contribution >= 0.6 is 11.3 Å². The van der Waals surface area contributed by atoms with Gasteiger partial charge in [0.1, 0.15) is 0 Å². The Bertz CT molecular complexity index is 1000. The first kappa shape index (κ1) is 16.1. The highest BCUT2D eigenvalue weighted by atomic mass is 32.1. The monoisotopic (exact) mass is 366 g/mol. The summed E-state index contributed by atoms with van der Waals surface area (Å²) in [7, 11) is 0. The van der Waals surface area contributed by atoms with Gasteiger partial charge in [-0.05, 0) is 63.4 Å². The van der Waals surface area contributed by atoms with Crippen molar-refractivity contribution in [2.75, 3.05) is 6.54 Å². The molecule has 0 bridgehead atoms. The zero-order valence-electron chi connectivity index (χ0n) is 14.8. The molecule has 1 saturated carbocycles. The third-order valence-electron chi connectivity index (χ3n) is 5.88. The van der Waals surface area contributed by atoms with E-state index < -0.39 is 0 Å². The predicted octanol–water partition coefficient (Wildman–Crippen LogP) is 3.57. The predicted molar refractivity (Wildman–Crippen MR) is 104 cm³/mol. The third kappa shape index (κ3) is 2.68. The van der Waals surface area contributed by atoms with Crippen LogP contribution in [-0.4, -0.2) is 38.3 Å². The van der Waals surface area contributed by atoms with Crippen molar-refractivity contribution in [3.63, 3.8) is 0 Å². The van der Waals surface area contributed by atoms with Gasteiger partial charge in [0.25, 0.3) is 5.56 Å². The summed E-state index contributed by atoms with van der Waals surface area (Å²) < 4.78 is 2.57. The largest absolute Gasteiger partial charge is 0.298 e. The second-order valence-electron chi connectivity index (χ2n) is 7.53. The highest BCUT2D eigenvalue weighted by Crippen LogP contribution is 2.44. The fraction of sp³-hybridized carbons (Fsp3) is 0.450. The molecule has 0 amide bonds. The van der Waals surface area contributed by atoms with Crippen LogP contribution in [-0.2, 0) is 0 Å². The highest BCUT2D eigenvalue weighted by Gasteiger charge is 2.39. The van der Waals surface area contributed by atoms with E-state index in [1.165, 1.54) is 48.0 Å². The minimum absolute atomic E-state index is 0.113. The number of hydrogen-bond acceptors (Lipinski definition) is 5. The zero-order chi connectivity index (χ0) is 17.7. The van der Waals surface area contributed by atoms with E-state index in [1.54, 1.807) is 23.6 Å². The number of fused-ring (bicyclic) bond motifs is 1. The van der Waals surface area contributed by atoms with Gasteiger partial charge in [-0.25, -0.2) is 4.98 Å². The van der Waals surface area contributed by atoms with Gasteiger partial charge in [0.05, 0.1) is 20.9 Å². The maximum atomic E-state index is 12.0. The molecule has 5 rings (SSSR count).